The number of imide groups is 2. The quantitative estimate of drug-likeness (QED) is 0.192. The highest BCUT2D eigenvalue weighted by atomic mass is 16.2. The number of amides is 4. The lowest BCUT2D eigenvalue weighted by atomic mass is 9.54. The number of unbranched alkanes of at least 4 members (excludes halogenated alkanes) is 2. The van der Waals surface area contributed by atoms with Gasteiger partial charge < -0.3 is 9.80 Å². The molecule has 4 amide bonds. The number of para-hydroxylation sites is 2. The van der Waals surface area contributed by atoms with E-state index >= 15 is 0 Å². The number of piperazine rings is 2. The lowest BCUT2D eigenvalue weighted by Gasteiger charge is -2.44. The average molecular weight is 679 g/mol. The Morgan fingerprint density at radius 1 is 0.420 bits per heavy atom. The van der Waals surface area contributed by atoms with E-state index in [9.17, 15) is 19.2 Å². The van der Waals surface area contributed by atoms with Crippen LogP contribution in [0.5, 0.6) is 0 Å². The summed E-state index contributed by atoms with van der Waals surface area (Å²) in [7, 11) is 0. The molecule has 2 aromatic carbocycles. The van der Waals surface area contributed by atoms with Crippen LogP contribution >= 0.6 is 0 Å². The molecule has 4 atom stereocenters. The minimum atomic E-state index is -0.518. The third-order valence-corrected chi connectivity index (χ3v) is 12.4. The molecule has 0 aromatic heterocycles. The number of rotatable bonds is 12. The minimum absolute atomic E-state index is 0.139. The van der Waals surface area contributed by atoms with Crippen LogP contribution in [0.25, 0.3) is 0 Å². The van der Waals surface area contributed by atoms with Gasteiger partial charge in [0.1, 0.15) is 0 Å². The Balaban J connectivity index is 0.794. The first-order chi connectivity index (χ1) is 24.5. The minimum Gasteiger partial charge on any atom is -0.369 e. The monoisotopic (exact) mass is 678 g/mol. The Bertz CT molecular complexity index is 1420. The van der Waals surface area contributed by atoms with Crippen molar-refractivity contribution in [1.82, 2.24) is 19.6 Å². The predicted octanol–water partition coefficient (Wildman–Crippen LogP) is 3.21. The molecule has 4 saturated heterocycles. The van der Waals surface area contributed by atoms with Crippen LogP contribution in [0.15, 0.2) is 72.8 Å². The summed E-state index contributed by atoms with van der Waals surface area (Å²) < 4.78 is 0. The maximum absolute atomic E-state index is 13.8. The summed E-state index contributed by atoms with van der Waals surface area (Å²) in [4.78, 5) is 67.8. The number of likely N-dealkylation sites (tertiary alicyclic amines) is 2. The molecule has 0 radical (unpaired) electrons. The number of benzene rings is 2. The summed E-state index contributed by atoms with van der Waals surface area (Å²) in [6.45, 7) is 10.7. The van der Waals surface area contributed by atoms with Crippen LogP contribution in [0.3, 0.4) is 0 Å². The number of anilines is 2. The lowest BCUT2D eigenvalue weighted by molar-refractivity contribution is -0.140. The summed E-state index contributed by atoms with van der Waals surface area (Å²) in [5, 5.41) is 0. The molecule has 50 heavy (non-hydrogen) atoms. The van der Waals surface area contributed by atoms with E-state index in [4.69, 9.17) is 0 Å². The van der Waals surface area contributed by atoms with Gasteiger partial charge in [0, 0.05) is 88.7 Å². The van der Waals surface area contributed by atoms with Gasteiger partial charge in [-0.05, 0) is 63.0 Å². The second-order valence-corrected chi connectivity index (χ2v) is 15.0. The molecule has 264 valence electrons. The fourth-order valence-electron chi connectivity index (χ4n) is 9.74. The van der Waals surface area contributed by atoms with Gasteiger partial charge in [-0.15, -0.1) is 0 Å². The Kier molecular flexibility index (Phi) is 9.48. The highest BCUT2D eigenvalue weighted by Crippen LogP contribution is 2.57. The van der Waals surface area contributed by atoms with E-state index in [0.29, 0.717) is 13.1 Å². The molecule has 2 bridgehead atoms. The molecule has 4 unspecified atom stereocenters. The third kappa shape index (κ3) is 6.15. The van der Waals surface area contributed by atoms with E-state index < -0.39 is 23.7 Å². The topological polar surface area (TPSA) is 87.7 Å². The standard InChI is InChI=1S/C40H50N6O4/c47-37-33-31-15-16-32(34(33)38(48)45(37)19-9-7-17-41-21-25-43(26-22-41)29-11-3-1-4-12-29)36-35(31)39(49)46(40(36)50)20-10-8-18-42-23-27-44(28-24-42)30-13-5-2-6-14-30/h1-6,11-16,31-36H,7-10,17-28H2. The molecule has 2 aromatic rings. The van der Waals surface area contributed by atoms with Crippen molar-refractivity contribution in [3.63, 3.8) is 0 Å². The summed E-state index contributed by atoms with van der Waals surface area (Å²) in [5.74, 6) is -3.37. The molecule has 1 saturated carbocycles. The van der Waals surface area contributed by atoms with Crippen molar-refractivity contribution in [3.8, 4) is 0 Å². The summed E-state index contributed by atoms with van der Waals surface area (Å²) in [5.41, 5.74) is 2.53. The number of carbonyl (C=O) groups is 4. The van der Waals surface area contributed by atoms with Crippen LogP contribution in [-0.2, 0) is 19.2 Å². The Labute approximate surface area is 295 Å². The van der Waals surface area contributed by atoms with Gasteiger partial charge in [0.15, 0.2) is 0 Å². The smallest absolute Gasteiger partial charge is 0.233 e. The lowest BCUT2D eigenvalue weighted by Crippen LogP contribution is -2.50. The fourth-order valence-corrected chi connectivity index (χ4v) is 9.74. The van der Waals surface area contributed by atoms with Crippen molar-refractivity contribution in [2.45, 2.75) is 25.7 Å². The molecule has 9 rings (SSSR count). The van der Waals surface area contributed by atoms with Crippen LogP contribution in [-0.4, -0.2) is 122 Å². The average Bonchev–Trinajstić information content (AvgIpc) is 3.59. The van der Waals surface area contributed by atoms with Crippen molar-refractivity contribution in [2.24, 2.45) is 35.5 Å². The number of allylic oxidation sites excluding steroid dienone is 2. The second kappa shape index (κ2) is 14.3. The fraction of sp³-hybridized carbons (Fsp3) is 0.550. The van der Waals surface area contributed by atoms with Crippen LogP contribution < -0.4 is 9.80 Å². The van der Waals surface area contributed by atoms with Gasteiger partial charge in [-0.25, -0.2) is 0 Å². The van der Waals surface area contributed by atoms with Gasteiger partial charge in [0.25, 0.3) is 0 Å². The molecular weight excluding hydrogens is 628 g/mol. The van der Waals surface area contributed by atoms with Crippen molar-refractivity contribution in [1.29, 1.82) is 0 Å². The van der Waals surface area contributed by atoms with Crippen molar-refractivity contribution >= 4 is 35.0 Å². The van der Waals surface area contributed by atoms with E-state index in [2.05, 4.69) is 68.1 Å². The number of nitrogens with zero attached hydrogens (tertiary/aromatic N) is 6. The Hall–Kier alpha value is -4.02. The maximum Gasteiger partial charge on any atom is 0.233 e. The first-order valence-electron chi connectivity index (χ1n) is 18.9. The number of hydrogen-bond donors (Lipinski definition) is 0. The zero-order valence-corrected chi connectivity index (χ0v) is 29.0. The van der Waals surface area contributed by atoms with E-state index in [0.717, 1.165) is 91.1 Å². The SMILES string of the molecule is O=C1C2C3C=CC(C2C(=O)N1CCCCN1CCN(c2ccccc2)CC1)C1C(=O)N(CCCCN2CCN(c4ccccc4)CC2)C(=O)C31. The summed E-state index contributed by atoms with van der Waals surface area (Å²) in [6.07, 6.45) is 7.31. The molecule has 4 aliphatic heterocycles. The van der Waals surface area contributed by atoms with Gasteiger partial charge in [-0.2, -0.15) is 0 Å². The van der Waals surface area contributed by atoms with Gasteiger partial charge in [-0.1, -0.05) is 48.6 Å². The summed E-state index contributed by atoms with van der Waals surface area (Å²) in [6, 6.07) is 21.0. The molecule has 10 heteroatoms. The van der Waals surface area contributed by atoms with E-state index in [1.54, 1.807) is 0 Å². The molecular formula is C40H50N6O4. The summed E-state index contributed by atoms with van der Waals surface area (Å²) >= 11 is 0. The number of hydrogen-bond acceptors (Lipinski definition) is 8. The second-order valence-electron chi connectivity index (χ2n) is 15.0. The molecule has 7 aliphatic rings. The van der Waals surface area contributed by atoms with Crippen molar-refractivity contribution < 1.29 is 19.2 Å². The van der Waals surface area contributed by atoms with Crippen molar-refractivity contribution in [2.75, 3.05) is 88.3 Å². The molecule has 3 aliphatic carbocycles. The predicted molar refractivity (Wildman–Crippen MR) is 192 cm³/mol. The van der Waals surface area contributed by atoms with Crippen LogP contribution in [0.1, 0.15) is 25.7 Å². The Morgan fingerprint density at radius 3 is 1.08 bits per heavy atom. The third-order valence-electron chi connectivity index (χ3n) is 12.4. The van der Waals surface area contributed by atoms with E-state index in [1.807, 2.05) is 24.3 Å². The van der Waals surface area contributed by atoms with E-state index in [-0.39, 0.29) is 35.5 Å². The van der Waals surface area contributed by atoms with Gasteiger partial charge in [0.05, 0.1) is 23.7 Å². The maximum atomic E-state index is 13.8. The normalized spacial score (nSPS) is 29.8. The molecule has 0 N–H and O–H groups in total. The molecule has 4 heterocycles. The van der Waals surface area contributed by atoms with E-state index in [1.165, 1.54) is 21.2 Å². The van der Waals surface area contributed by atoms with Gasteiger partial charge >= 0.3 is 0 Å². The number of carbonyl (C=O) groups excluding carboxylic acids is 4. The van der Waals surface area contributed by atoms with Gasteiger partial charge in [0.2, 0.25) is 23.6 Å². The van der Waals surface area contributed by atoms with Crippen LogP contribution in [0, 0.1) is 35.5 Å². The highest BCUT2D eigenvalue weighted by Gasteiger charge is 2.68. The molecule has 10 nitrogen and oxygen atoms in total. The zero-order valence-electron chi connectivity index (χ0n) is 29.0. The zero-order chi connectivity index (χ0) is 34.2. The van der Waals surface area contributed by atoms with Gasteiger partial charge in [-0.3, -0.25) is 38.8 Å². The highest BCUT2D eigenvalue weighted by molar-refractivity contribution is 6.10. The van der Waals surface area contributed by atoms with Crippen LogP contribution in [0.2, 0.25) is 0 Å². The van der Waals surface area contributed by atoms with Crippen LogP contribution in [0.4, 0.5) is 11.4 Å². The molecule has 5 fully saturated rings. The Morgan fingerprint density at radius 2 is 0.740 bits per heavy atom. The largest absolute Gasteiger partial charge is 0.369 e. The molecule has 0 spiro atoms. The first-order valence-corrected chi connectivity index (χ1v) is 18.9. The first kappa shape index (κ1) is 33.1. The van der Waals surface area contributed by atoms with Crippen molar-refractivity contribution in [3.05, 3.63) is 72.8 Å².